The van der Waals surface area contributed by atoms with Gasteiger partial charge < -0.3 is 10.6 Å². The van der Waals surface area contributed by atoms with Crippen LogP contribution in [0.25, 0.3) is 10.9 Å². The second-order valence-corrected chi connectivity index (χ2v) is 5.83. The molecule has 1 aliphatic rings. The maximum atomic E-state index is 12.4. The molecule has 2 N–H and O–H groups in total. The summed E-state index contributed by atoms with van der Waals surface area (Å²) in [6, 6.07) is 7.43. The Hall–Kier alpha value is -1.07. The van der Waals surface area contributed by atoms with E-state index in [0.29, 0.717) is 23.0 Å². The summed E-state index contributed by atoms with van der Waals surface area (Å²) >= 11 is 6.07. The van der Waals surface area contributed by atoms with Crippen LogP contribution in [0.15, 0.2) is 24.3 Å². The van der Waals surface area contributed by atoms with E-state index < -0.39 is 0 Å². The zero-order valence-corrected chi connectivity index (χ0v) is 15.2. The molecule has 1 saturated carbocycles. The van der Waals surface area contributed by atoms with Crippen molar-refractivity contribution in [2.24, 2.45) is 0 Å². The van der Waals surface area contributed by atoms with E-state index in [0.717, 1.165) is 36.0 Å². The van der Waals surface area contributed by atoms with E-state index in [2.05, 4.69) is 15.6 Å². The van der Waals surface area contributed by atoms with E-state index >= 15 is 0 Å². The van der Waals surface area contributed by atoms with Gasteiger partial charge in [0.2, 0.25) is 0 Å². The van der Waals surface area contributed by atoms with Crippen LogP contribution in [-0.2, 0) is 0 Å². The summed E-state index contributed by atoms with van der Waals surface area (Å²) < 4.78 is 0. The molecule has 3 rings (SSSR count). The SMILES string of the molecule is CNCCNC(=O)c1cc(C2CC2)nc2ccc(Cl)cc12.Cl.Cl. The number of rotatable bonds is 5. The smallest absolute Gasteiger partial charge is 0.252 e. The van der Waals surface area contributed by atoms with Gasteiger partial charge in [-0.15, -0.1) is 24.8 Å². The molecule has 0 bridgehead atoms. The van der Waals surface area contributed by atoms with Gasteiger partial charge in [0, 0.05) is 35.1 Å². The third-order valence-corrected chi connectivity index (χ3v) is 3.93. The first kappa shape index (κ1) is 20.0. The summed E-state index contributed by atoms with van der Waals surface area (Å²) in [5.74, 6) is 0.441. The summed E-state index contributed by atoms with van der Waals surface area (Å²) in [4.78, 5) is 17.1. The van der Waals surface area contributed by atoms with Crippen molar-refractivity contribution in [1.29, 1.82) is 0 Å². The minimum atomic E-state index is -0.0678. The molecule has 1 fully saturated rings. The molecule has 0 atom stereocenters. The van der Waals surface area contributed by atoms with Crippen molar-refractivity contribution < 1.29 is 4.79 Å². The molecule has 7 heteroatoms. The van der Waals surface area contributed by atoms with Crippen LogP contribution in [0, 0.1) is 0 Å². The number of hydrogen-bond acceptors (Lipinski definition) is 3. The van der Waals surface area contributed by atoms with Gasteiger partial charge in [0.05, 0.1) is 11.1 Å². The van der Waals surface area contributed by atoms with Crippen molar-refractivity contribution in [3.63, 3.8) is 0 Å². The van der Waals surface area contributed by atoms with E-state index in [4.69, 9.17) is 11.6 Å². The van der Waals surface area contributed by atoms with E-state index in [1.807, 2.05) is 31.3 Å². The maximum Gasteiger partial charge on any atom is 0.252 e. The monoisotopic (exact) mass is 375 g/mol. The zero-order valence-electron chi connectivity index (χ0n) is 12.8. The van der Waals surface area contributed by atoms with Gasteiger partial charge in [-0.1, -0.05) is 11.6 Å². The molecule has 1 aliphatic carbocycles. The number of carbonyl (C=O) groups excluding carboxylic acids is 1. The van der Waals surface area contributed by atoms with Gasteiger partial charge in [-0.05, 0) is 44.2 Å². The lowest BCUT2D eigenvalue weighted by Gasteiger charge is -2.10. The number of nitrogens with zero attached hydrogens (tertiary/aromatic N) is 1. The Labute approximate surface area is 153 Å². The minimum Gasteiger partial charge on any atom is -0.351 e. The van der Waals surface area contributed by atoms with Crippen LogP contribution in [0.2, 0.25) is 5.02 Å². The molecular weight excluding hydrogens is 357 g/mol. The Morgan fingerprint density at radius 3 is 2.65 bits per heavy atom. The summed E-state index contributed by atoms with van der Waals surface area (Å²) in [6.45, 7) is 1.34. The number of likely N-dealkylation sites (N-methyl/N-ethyl adjacent to an activating group) is 1. The molecule has 0 radical (unpaired) electrons. The van der Waals surface area contributed by atoms with Crippen molar-refractivity contribution >= 4 is 53.2 Å². The fourth-order valence-electron chi connectivity index (χ4n) is 2.39. The lowest BCUT2D eigenvalue weighted by molar-refractivity contribution is 0.0955. The second kappa shape index (κ2) is 8.69. The predicted molar refractivity (Wildman–Crippen MR) is 99.5 cm³/mol. The first-order valence-electron chi connectivity index (χ1n) is 7.22. The molecule has 126 valence electrons. The largest absolute Gasteiger partial charge is 0.351 e. The van der Waals surface area contributed by atoms with Crippen LogP contribution in [-0.4, -0.2) is 31.0 Å². The molecule has 0 aliphatic heterocycles. The number of fused-ring (bicyclic) bond motifs is 1. The lowest BCUT2D eigenvalue weighted by Crippen LogP contribution is -2.30. The van der Waals surface area contributed by atoms with Crippen LogP contribution in [0.1, 0.15) is 34.8 Å². The van der Waals surface area contributed by atoms with Gasteiger partial charge in [-0.25, -0.2) is 0 Å². The number of amides is 1. The molecule has 0 saturated heterocycles. The molecule has 4 nitrogen and oxygen atoms in total. The number of nitrogens with one attached hydrogen (secondary N) is 2. The average molecular weight is 377 g/mol. The number of pyridine rings is 1. The van der Waals surface area contributed by atoms with Gasteiger partial charge in [0.25, 0.3) is 5.91 Å². The molecule has 2 aromatic rings. The third kappa shape index (κ3) is 4.70. The van der Waals surface area contributed by atoms with Crippen molar-refractivity contribution in [3.05, 3.63) is 40.5 Å². The molecule has 23 heavy (non-hydrogen) atoms. The van der Waals surface area contributed by atoms with Crippen molar-refractivity contribution in [2.75, 3.05) is 20.1 Å². The van der Waals surface area contributed by atoms with Crippen LogP contribution < -0.4 is 10.6 Å². The Morgan fingerprint density at radius 1 is 1.26 bits per heavy atom. The normalized spacial score (nSPS) is 13.1. The van der Waals surface area contributed by atoms with Crippen LogP contribution in [0.4, 0.5) is 0 Å². The molecular formula is C16H20Cl3N3O. The molecule has 1 heterocycles. The number of aromatic nitrogens is 1. The van der Waals surface area contributed by atoms with Gasteiger partial charge in [-0.3, -0.25) is 9.78 Å². The van der Waals surface area contributed by atoms with Crippen molar-refractivity contribution in [3.8, 4) is 0 Å². The van der Waals surface area contributed by atoms with E-state index in [9.17, 15) is 4.79 Å². The quantitative estimate of drug-likeness (QED) is 0.785. The Bertz CT molecular complexity index is 690. The van der Waals surface area contributed by atoms with Gasteiger partial charge >= 0.3 is 0 Å². The maximum absolute atomic E-state index is 12.4. The van der Waals surface area contributed by atoms with Gasteiger partial charge in [0.1, 0.15) is 0 Å². The predicted octanol–water partition coefficient (Wildman–Crippen LogP) is 3.56. The summed E-state index contributed by atoms with van der Waals surface area (Å²) in [5, 5.41) is 7.37. The summed E-state index contributed by atoms with van der Waals surface area (Å²) in [5.41, 5.74) is 2.52. The first-order valence-corrected chi connectivity index (χ1v) is 7.60. The molecule has 0 unspecified atom stereocenters. The highest BCUT2D eigenvalue weighted by Gasteiger charge is 2.26. The number of carbonyl (C=O) groups is 1. The second-order valence-electron chi connectivity index (χ2n) is 5.39. The standard InChI is InChI=1S/C16H18ClN3O.2ClH/c1-18-6-7-19-16(21)13-9-15(10-2-3-10)20-14-5-4-11(17)8-12(13)14;;/h4-5,8-10,18H,2-3,6-7H2,1H3,(H,19,21);2*1H. The molecule has 1 amide bonds. The van der Waals surface area contributed by atoms with E-state index in [1.54, 1.807) is 0 Å². The fourth-order valence-corrected chi connectivity index (χ4v) is 2.56. The number of halogens is 3. The van der Waals surface area contributed by atoms with E-state index in [-0.39, 0.29) is 30.7 Å². The van der Waals surface area contributed by atoms with Gasteiger partial charge in [-0.2, -0.15) is 0 Å². The molecule has 1 aromatic heterocycles. The highest BCUT2D eigenvalue weighted by atomic mass is 35.5. The molecule has 1 aromatic carbocycles. The number of benzene rings is 1. The minimum absolute atomic E-state index is 0. The van der Waals surface area contributed by atoms with Crippen LogP contribution in [0.3, 0.4) is 0 Å². The highest BCUT2D eigenvalue weighted by molar-refractivity contribution is 6.31. The zero-order chi connectivity index (χ0) is 14.8. The number of hydrogen-bond donors (Lipinski definition) is 2. The lowest BCUT2D eigenvalue weighted by atomic mass is 10.1. The average Bonchev–Trinajstić information content (AvgIpc) is 3.31. The first-order chi connectivity index (χ1) is 10.2. The summed E-state index contributed by atoms with van der Waals surface area (Å²) in [7, 11) is 1.86. The van der Waals surface area contributed by atoms with Gasteiger partial charge in [0.15, 0.2) is 0 Å². The highest BCUT2D eigenvalue weighted by Crippen LogP contribution is 2.40. The third-order valence-electron chi connectivity index (χ3n) is 3.69. The van der Waals surface area contributed by atoms with Crippen LogP contribution in [0.5, 0.6) is 0 Å². The van der Waals surface area contributed by atoms with Crippen molar-refractivity contribution in [2.45, 2.75) is 18.8 Å². The Balaban J connectivity index is 0.00000132. The fraction of sp³-hybridized carbons (Fsp3) is 0.375. The van der Waals surface area contributed by atoms with Crippen molar-refractivity contribution in [1.82, 2.24) is 15.6 Å². The summed E-state index contributed by atoms with van der Waals surface area (Å²) in [6.07, 6.45) is 2.32. The van der Waals surface area contributed by atoms with E-state index in [1.165, 1.54) is 0 Å². The molecule has 0 spiro atoms. The Morgan fingerprint density at radius 2 is 2.00 bits per heavy atom. The Kier molecular flexibility index (Phi) is 7.55. The van der Waals surface area contributed by atoms with Crippen LogP contribution >= 0.6 is 36.4 Å². The topological polar surface area (TPSA) is 54.0 Å².